The Balaban J connectivity index is 1.80. The smallest absolute Gasteiger partial charge is 0.252 e. The molecule has 34 heavy (non-hydrogen) atoms. The Morgan fingerprint density at radius 2 is 1.97 bits per heavy atom. The van der Waals surface area contributed by atoms with Crippen molar-refractivity contribution in [1.82, 2.24) is 30.1 Å². The summed E-state index contributed by atoms with van der Waals surface area (Å²) in [5, 5.41) is 16.1. The molecule has 0 bridgehead atoms. The Labute approximate surface area is 204 Å². The second-order valence-corrected chi connectivity index (χ2v) is 11.0. The number of tetrazole rings is 1. The van der Waals surface area contributed by atoms with Crippen LogP contribution in [0.15, 0.2) is 46.6 Å². The van der Waals surface area contributed by atoms with E-state index in [0.29, 0.717) is 13.1 Å². The zero-order chi connectivity index (χ0) is 24.5. The zero-order valence-corrected chi connectivity index (χ0v) is 21.7. The zero-order valence-electron chi connectivity index (χ0n) is 20.9. The lowest BCUT2D eigenvalue weighted by Gasteiger charge is -2.35. The second-order valence-electron chi connectivity index (χ2n) is 9.95. The second kappa shape index (κ2) is 9.80. The van der Waals surface area contributed by atoms with E-state index in [1.807, 2.05) is 29.8 Å². The van der Waals surface area contributed by atoms with Crippen LogP contribution in [0.5, 0.6) is 0 Å². The van der Waals surface area contributed by atoms with E-state index in [2.05, 4.69) is 83.6 Å². The summed E-state index contributed by atoms with van der Waals surface area (Å²) < 4.78 is 1.97. The molecule has 0 aliphatic carbocycles. The number of aromatic amines is 1. The number of hydrogen-bond acceptors (Lipinski definition) is 6. The quantitative estimate of drug-likeness (QED) is 0.347. The normalized spacial score (nSPS) is 13.3. The third-order valence-electron chi connectivity index (χ3n) is 6.70. The summed E-state index contributed by atoms with van der Waals surface area (Å²) in [4.78, 5) is 19.8. The van der Waals surface area contributed by atoms with Crippen LogP contribution in [0, 0.1) is 12.8 Å². The van der Waals surface area contributed by atoms with E-state index < -0.39 is 0 Å². The van der Waals surface area contributed by atoms with Crippen LogP contribution in [-0.2, 0) is 18.6 Å². The number of nitrogens with zero attached hydrogens (tertiary/aromatic N) is 5. The van der Waals surface area contributed by atoms with Gasteiger partial charge < -0.3 is 4.98 Å². The molecule has 3 aromatic heterocycles. The van der Waals surface area contributed by atoms with Gasteiger partial charge in [0, 0.05) is 23.5 Å². The molecule has 8 heteroatoms. The highest BCUT2D eigenvalue weighted by atomic mass is 32.1. The van der Waals surface area contributed by atoms with E-state index in [1.165, 1.54) is 4.88 Å². The molecule has 4 rings (SSSR count). The van der Waals surface area contributed by atoms with Crippen LogP contribution in [0.2, 0.25) is 0 Å². The van der Waals surface area contributed by atoms with Crippen molar-refractivity contribution in [2.24, 2.45) is 5.92 Å². The molecule has 0 fully saturated rings. The highest BCUT2D eigenvalue weighted by Crippen LogP contribution is 2.33. The van der Waals surface area contributed by atoms with Crippen LogP contribution >= 0.6 is 11.3 Å². The summed E-state index contributed by atoms with van der Waals surface area (Å²) in [7, 11) is 0. The van der Waals surface area contributed by atoms with Crippen molar-refractivity contribution < 1.29 is 0 Å². The summed E-state index contributed by atoms with van der Waals surface area (Å²) in [6.45, 7) is 14.1. The lowest BCUT2D eigenvalue weighted by Crippen LogP contribution is -2.38. The molecule has 0 aliphatic rings. The van der Waals surface area contributed by atoms with E-state index >= 15 is 0 Å². The van der Waals surface area contributed by atoms with E-state index in [0.717, 1.165) is 34.3 Å². The van der Waals surface area contributed by atoms with Gasteiger partial charge in [-0.05, 0) is 72.0 Å². The van der Waals surface area contributed by atoms with E-state index in [4.69, 9.17) is 0 Å². The molecule has 1 aromatic carbocycles. The van der Waals surface area contributed by atoms with Crippen molar-refractivity contribution in [2.45, 2.75) is 72.6 Å². The van der Waals surface area contributed by atoms with Gasteiger partial charge in [-0.15, -0.1) is 16.4 Å². The van der Waals surface area contributed by atoms with Gasteiger partial charge in [0.15, 0.2) is 5.82 Å². The Kier molecular flexibility index (Phi) is 7.00. The summed E-state index contributed by atoms with van der Waals surface area (Å²) >= 11 is 1.73. The molecule has 0 saturated heterocycles. The van der Waals surface area contributed by atoms with Gasteiger partial charge in [-0.3, -0.25) is 9.69 Å². The van der Waals surface area contributed by atoms with Gasteiger partial charge in [0.2, 0.25) is 0 Å². The number of H-pyrrole nitrogens is 1. The van der Waals surface area contributed by atoms with Crippen molar-refractivity contribution >= 4 is 22.2 Å². The number of rotatable bonds is 9. The van der Waals surface area contributed by atoms with Crippen LogP contribution in [0.1, 0.15) is 68.9 Å². The Hall–Kier alpha value is -2.84. The lowest BCUT2D eigenvalue weighted by molar-refractivity contribution is 0.119. The first-order chi connectivity index (χ1) is 16.2. The molecule has 180 valence electrons. The predicted octanol–water partition coefficient (Wildman–Crippen LogP) is 5.43. The lowest BCUT2D eigenvalue weighted by atomic mass is 9.97. The molecule has 1 N–H and O–H groups in total. The molecule has 1 unspecified atom stereocenters. The molecule has 3 heterocycles. The van der Waals surface area contributed by atoms with Crippen molar-refractivity contribution in [3.63, 3.8) is 0 Å². The molecule has 0 amide bonds. The molecule has 7 nitrogen and oxygen atoms in total. The first kappa shape index (κ1) is 24.3. The van der Waals surface area contributed by atoms with Gasteiger partial charge >= 0.3 is 0 Å². The number of pyridine rings is 1. The fourth-order valence-corrected chi connectivity index (χ4v) is 5.19. The molecular weight excluding hydrogens is 444 g/mol. The summed E-state index contributed by atoms with van der Waals surface area (Å²) in [5.41, 5.74) is 2.45. The van der Waals surface area contributed by atoms with E-state index in [9.17, 15) is 4.79 Å². The SMILES string of the molecule is CCC(C)(C)n1nnnc1C(C(C)C)N(Cc1cccs1)Cc1cc2cccc(C)c2[nH]c1=O. The molecule has 0 spiro atoms. The van der Waals surface area contributed by atoms with Crippen LogP contribution in [-0.4, -0.2) is 30.1 Å². The number of para-hydroxylation sites is 1. The number of nitrogens with one attached hydrogen (secondary N) is 1. The predicted molar refractivity (Wildman–Crippen MR) is 138 cm³/mol. The number of thiophene rings is 1. The summed E-state index contributed by atoms with van der Waals surface area (Å²) in [6, 6.07) is 12.3. The maximum absolute atomic E-state index is 13.1. The molecule has 0 aliphatic heterocycles. The Morgan fingerprint density at radius 1 is 1.18 bits per heavy atom. The van der Waals surface area contributed by atoms with Gasteiger partial charge in [0.1, 0.15) is 0 Å². The number of aromatic nitrogens is 5. The topological polar surface area (TPSA) is 79.7 Å². The maximum Gasteiger partial charge on any atom is 0.252 e. The van der Waals surface area contributed by atoms with Gasteiger partial charge in [-0.25, -0.2) is 4.68 Å². The van der Waals surface area contributed by atoms with Crippen LogP contribution in [0.3, 0.4) is 0 Å². The molecular formula is C26H34N6OS. The number of fused-ring (bicyclic) bond motifs is 1. The Morgan fingerprint density at radius 3 is 2.65 bits per heavy atom. The van der Waals surface area contributed by atoms with Crippen LogP contribution in [0.25, 0.3) is 10.9 Å². The van der Waals surface area contributed by atoms with Gasteiger partial charge in [-0.2, -0.15) is 0 Å². The van der Waals surface area contributed by atoms with Crippen LogP contribution in [0.4, 0.5) is 0 Å². The fourth-order valence-electron chi connectivity index (χ4n) is 4.46. The minimum atomic E-state index is -0.210. The Bertz CT molecular complexity index is 1300. The first-order valence-corrected chi connectivity index (χ1v) is 12.8. The molecule has 4 aromatic rings. The van der Waals surface area contributed by atoms with Gasteiger partial charge in [0.25, 0.3) is 5.56 Å². The van der Waals surface area contributed by atoms with Crippen LogP contribution < -0.4 is 5.56 Å². The monoisotopic (exact) mass is 478 g/mol. The van der Waals surface area contributed by atoms with E-state index in [-0.39, 0.29) is 23.1 Å². The molecule has 0 radical (unpaired) electrons. The van der Waals surface area contributed by atoms with Crippen molar-refractivity contribution in [2.75, 3.05) is 0 Å². The minimum absolute atomic E-state index is 0.0473. The van der Waals surface area contributed by atoms with Crippen molar-refractivity contribution in [3.05, 3.63) is 74.0 Å². The van der Waals surface area contributed by atoms with Crippen molar-refractivity contribution in [1.29, 1.82) is 0 Å². The third kappa shape index (κ3) is 4.83. The maximum atomic E-state index is 13.1. The summed E-state index contributed by atoms with van der Waals surface area (Å²) in [6.07, 6.45) is 0.907. The third-order valence-corrected chi connectivity index (χ3v) is 7.56. The fraction of sp³-hybridized carbons (Fsp3) is 0.462. The van der Waals surface area contributed by atoms with E-state index in [1.54, 1.807) is 11.3 Å². The molecule has 0 saturated carbocycles. The van der Waals surface area contributed by atoms with Gasteiger partial charge in [-0.1, -0.05) is 45.0 Å². The minimum Gasteiger partial charge on any atom is -0.321 e. The largest absolute Gasteiger partial charge is 0.321 e. The summed E-state index contributed by atoms with van der Waals surface area (Å²) in [5.74, 6) is 1.07. The average molecular weight is 479 g/mol. The number of aryl methyl sites for hydroxylation is 1. The van der Waals surface area contributed by atoms with Crippen molar-refractivity contribution in [3.8, 4) is 0 Å². The standard InChI is InChI=1S/C26H34N6OS/c1-7-26(5,6)32-24(28-29-30-32)23(17(2)3)31(16-21-12-9-13-34-21)15-20-14-19-11-8-10-18(4)22(19)27-25(20)33/h8-14,17,23H,7,15-16H2,1-6H3,(H,27,33). The number of benzene rings is 1. The first-order valence-electron chi connectivity index (χ1n) is 11.9. The molecule has 1 atom stereocenters. The van der Waals surface area contributed by atoms with Gasteiger partial charge in [0.05, 0.1) is 17.1 Å². The number of hydrogen-bond donors (Lipinski definition) is 1. The highest BCUT2D eigenvalue weighted by Gasteiger charge is 2.34. The highest BCUT2D eigenvalue weighted by molar-refractivity contribution is 7.09. The average Bonchev–Trinajstić information content (AvgIpc) is 3.48.